The number of hydrogen-bond acceptors (Lipinski definition) is 4. The lowest BCUT2D eigenvalue weighted by molar-refractivity contribution is -0.115. The molecule has 2 aromatic carbocycles. The van der Waals surface area contributed by atoms with Crippen LogP contribution in [0, 0.1) is 11.3 Å². The number of benzene rings is 2. The van der Waals surface area contributed by atoms with Crippen molar-refractivity contribution < 1.29 is 9.53 Å². The molecule has 1 amide bonds. The largest absolute Gasteiger partial charge is 0.490 e. The van der Waals surface area contributed by atoms with Crippen LogP contribution < -0.4 is 10.1 Å². The van der Waals surface area contributed by atoms with E-state index in [1.54, 1.807) is 22.9 Å². The normalized spacial score (nSPS) is 13.0. The highest BCUT2D eigenvalue weighted by Crippen LogP contribution is 2.26. The zero-order chi connectivity index (χ0) is 19.3. The lowest BCUT2D eigenvalue weighted by atomic mass is 10.1. The molecule has 1 saturated carbocycles. The number of carbonyl (C=O) groups is 1. The van der Waals surface area contributed by atoms with Gasteiger partial charge in [0.1, 0.15) is 5.75 Å². The number of anilines is 1. The van der Waals surface area contributed by atoms with Crippen LogP contribution >= 0.6 is 0 Å². The van der Waals surface area contributed by atoms with Crippen LogP contribution in [-0.2, 0) is 17.8 Å². The van der Waals surface area contributed by atoms with E-state index in [0.717, 1.165) is 29.7 Å². The Kier molecular flexibility index (Phi) is 5.07. The zero-order valence-electron chi connectivity index (χ0n) is 15.3. The Morgan fingerprint density at radius 1 is 1.11 bits per heavy atom. The first-order valence-corrected chi connectivity index (χ1v) is 9.26. The van der Waals surface area contributed by atoms with E-state index in [0.29, 0.717) is 24.0 Å². The second-order valence-corrected chi connectivity index (χ2v) is 6.89. The van der Waals surface area contributed by atoms with Crippen molar-refractivity contribution in [3.05, 3.63) is 77.5 Å². The summed E-state index contributed by atoms with van der Waals surface area (Å²) in [5.41, 5.74) is 2.59. The van der Waals surface area contributed by atoms with E-state index in [-0.39, 0.29) is 12.3 Å². The summed E-state index contributed by atoms with van der Waals surface area (Å²) >= 11 is 0. The van der Waals surface area contributed by atoms with Crippen LogP contribution in [0.4, 0.5) is 5.82 Å². The number of aromatic nitrogens is 2. The van der Waals surface area contributed by atoms with Gasteiger partial charge in [0.25, 0.3) is 0 Å². The molecule has 4 rings (SSSR count). The summed E-state index contributed by atoms with van der Waals surface area (Å²) < 4.78 is 7.47. The van der Waals surface area contributed by atoms with Gasteiger partial charge in [-0.2, -0.15) is 10.4 Å². The third kappa shape index (κ3) is 4.77. The van der Waals surface area contributed by atoms with E-state index in [1.807, 2.05) is 42.6 Å². The fraction of sp³-hybridized carbons (Fsp3) is 0.227. The Morgan fingerprint density at radius 3 is 2.50 bits per heavy atom. The Bertz CT molecular complexity index is 996. The second kappa shape index (κ2) is 7.97. The van der Waals surface area contributed by atoms with E-state index < -0.39 is 0 Å². The summed E-state index contributed by atoms with van der Waals surface area (Å²) in [7, 11) is 0. The number of amides is 1. The van der Waals surface area contributed by atoms with Crippen molar-refractivity contribution in [2.75, 3.05) is 5.32 Å². The van der Waals surface area contributed by atoms with E-state index >= 15 is 0 Å². The quantitative estimate of drug-likeness (QED) is 0.688. The van der Waals surface area contributed by atoms with Gasteiger partial charge < -0.3 is 10.1 Å². The molecule has 3 aromatic rings. The maximum Gasteiger partial charge on any atom is 0.229 e. The third-order valence-corrected chi connectivity index (χ3v) is 4.45. The van der Waals surface area contributed by atoms with Gasteiger partial charge in [-0.15, -0.1) is 0 Å². The summed E-state index contributed by atoms with van der Waals surface area (Å²) in [4.78, 5) is 12.3. The highest BCUT2D eigenvalue weighted by atomic mass is 16.5. The van der Waals surface area contributed by atoms with E-state index in [9.17, 15) is 4.79 Å². The fourth-order valence-electron chi connectivity index (χ4n) is 2.82. The maximum absolute atomic E-state index is 12.3. The van der Waals surface area contributed by atoms with Gasteiger partial charge in [0.05, 0.1) is 30.7 Å². The van der Waals surface area contributed by atoms with E-state index in [2.05, 4.69) is 16.5 Å². The van der Waals surface area contributed by atoms with Crippen molar-refractivity contribution in [2.24, 2.45) is 0 Å². The van der Waals surface area contributed by atoms with Crippen LogP contribution in [0.5, 0.6) is 5.75 Å². The lowest BCUT2D eigenvalue weighted by Crippen LogP contribution is -2.15. The van der Waals surface area contributed by atoms with Gasteiger partial charge in [-0.05, 0) is 48.2 Å². The van der Waals surface area contributed by atoms with Crippen molar-refractivity contribution in [3.63, 3.8) is 0 Å². The summed E-state index contributed by atoms with van der Waals surface area (Å²) in [5.74, 6) is 1.26. The van der Waals surface area contributed by atoms with Crippen LogP contribution in [0.2, 0.25) is 0 Å². The number of ether oxygens (including phenoxy) is 1. The minimum atomic E-state index is -0.112. The zero-order valence-corrected chi connectivity index (χ0v) is 15.3. The Labute approximate surface area is 163 Å². The highest BCUT2D eigenvalue weighted by molar-refractivity contribution is 5.91. The molecule has 0 atom stereocenters. The number of nitriles is 1. The van der Waals surface area contributed by atoms with Crippen LogP contribution in [-0.4, -0.2) is 21.8 Å². The first-order valence-electron chi connectivity index (χ1n) is 9.26. The molecule has 1 aliphatic rings. The lowest BCUT2D eigenvalue weighted by Gasteiger charge is -2.06. The fourth-order valence-corrected chi connectivity index (χ4v) is 2.82. The summed E-state index contributed by atoms with van der Waals surface area (Å²) in [5, 5.41) is 16.1. The van der Waals surface area contributed by atoms with Crippen molar-refractivity contribution in [2.45, 2.75) is 31.9 Å². The molecule has 0 aliphatic heterocycles. The van der Waals surface area contributed by atoms with Gasteiger partial charge in [-0.3, -0.25) is 9.48 Å². The Balaban J connectivity index is 1.30. The number of nitrogens with one attached hydrogen (secondary N) is 1. The standard InChI is InChI=1S/C22H20N4O2/c23-14-17-1-3-18(4-2-17)15-26-12-11-21(25-26)24-22(27)13-16-5-7-19(8-6-16)28-20-9-10-20/h1-8,11-12,20H,9-10,13,15H2,(H,24,25,27). The number of rotatable bonds is 7. The molecule has 1 fully saturated rings. The molecular weight excluding hydrogens is 352 g/mol. The predicted octanol–water partition coefficient (Wildman–Crippen LogP) is 3.53. The molecule has 0 spiro atoms. The number of nitrogens with zero attached hydrogens (tertiary/aromatic N) is 3. The molecular formula is C22H20N4O2. The van der Waals surface area contributed by atoms with Crippen LogP contribution in [0.1, 0.15) is 29.5 Å². The average molecular weight is 372 g/mol. The molecule has 0 saturated heterocycles. The van der Waals surface area contributed by atoms with Gasteiger partial charge in [0.15, 0.2) is 5.82 Å². The van der Waals surface area contributed by atoms with Crippen LogP contribution in [0.15, 0.2) is 60.8 Å². The van der Waals surface area contributed by atoms with Gasteiger partial charge in [-0.1, -0.05) is 24.3 Å². The van der Waals surface area contributed by atoms with Gasteiger partial charge in [0.2, 0.25) is 5.91 Å². The Morgan fingerprint density at radius 2 is 1.82 bits per heavy atom. The topological polar surface area (TPSA) is 79.9 Å². The summed E-state index contributed by atoms with van der Waals surface area (Å²) in [6.45, 7) is 0.573. The van der Waals surface area contributed by atoms with Crippen molar-refractivity contribution >= 4 is 11.7 Å². The minimum Gasteiger partial charge on any atom is -0.490 e. The van der Waals surface area contributed by atoms with E-state index in [4.69, 9.17) is 10.00 Å². The van der Waals surface area contributed by atoms with Crippen molar-refractivity contribution in [1.82, 2.24) is 9.78 Å². The minimum absolute atomic E-state index is 0.112. The molecule has 6 heteroatoms. The van der Waals surface area contributed by atoms with Gasteiger partial charge >= 0.3 is 0 Å². The van der Waals surface area contributed by atoms with Crippen molar-refractivity contribution in [1.29, 1.82) is 5.26 Å². The average Bonchev–Trinajstić information content (AvgIpc) is 3.42. The van der Waals surface area contributed by atoms with Gasteiger partial charge in [-0.25, -0.2) is 0 Å². The van der Waals surface area contributed by atoms with Gasteiger partial charge in [0, 0.05) is 12.3 Å². The SMILES string of the molecule is N#Cc1ccc(Cn2ccc(NC(=O)Cc3ccc(OC4CC4)cc3)n2)cc1. The monoisotopic (exact) mass is 372 g/mol. The van der Waals surface area contributed by atoms with E-state index in [1.165, 1.54) is 0 Å². The molecule has 6 nitrogen and oxygen atoms in total. The first-order chi connectivity index (χ1) is 13.7. The van der Waals surface area contributed by atoms with Crippen LogP contribution in [0.25, 0.3) is 0 Å². The smallest absolute Gasteiger partial charge is 0.229 e. The first kappa shape index (κ1) is 17.8. The molecule has 1 heterocycles. The molecule has 0 unspecified atom stereocenters. The molecule has 140 valence electrons. The summed E-state index contributed by atoms with van der Waals surface area (Å²) in [6, 6.07) is 18.9. The number of carbonyl (C=O) groups excluding carboxylic acids is 1. The molecule has 1 N–H and O–H groups in total. The second-order valence-electron chi connectivity index (χ2n) is 6.89. The number of hydrogen-bond donors (Lipinski definition) is 1. The molecule has 1 aromatic heterocycles. The molecule has 0 bridgehead atoms. The molecule has 1 aliphatic carbocycles. The molecule has 28 heavy (non-hydrogen) atoms. The third-order valence-electron chi connectivity index (χ3n) is 4.45. The van der Waals surface area contributed by atoms with Crippen LogP contribution in [0.3, 0.4) is 0 Å². The summed E-state index contributed by atoms with van der Waals surface area (Å²) in [6.07, 6.45) is 4.72. The molecule has 0 radical (unpaired) electrons. The maximum atomic E-state index is 12.3. The highest BCUT2D eigenvalue weighted by Gasteiger charge is 2.23. The predicted molar refractivity (Wildman–Crippen MR) is 105 cm³/mol. The van der Waals surface area contributed by atoms with Crippen molar-refractivity contribution in [3.8, 4) is 11.8 Å². The Hall–Kier alpha value is -3.59.